The first kappa shape index (κ1) is 17.0. The van der Waals surface area contributed by atoms with Crippen molar-refractivity contribution >= 4 is 24.1 Å². The van der Waals surface area contributed by atoms with Crippen LogP contribution in [0.2, 0.25) is 0 Å². The van der Waals surface area contributed by atoms with Crippen LogP contribution in [-0.2, 0) is 0 Å². The van der Waals surface area contributed by atoms with E-state index in [-0.39, 0.29) is 18.4 Å². The number of benzene rings is 2. The van der Waals surface area contributed by atoms with E-state index in [0.29, 0.717) is 11.3 Å². The number of aliphatic hydroxyl groups is 1. The molecule has 3 aromatic rings. The molecule has 0 saturated carbocycles. The minimum absolute atomic E-state index is 0.0239. The van der Waals surface area contributed by atoms with Crippen molar-refractivity contribution in [1.82, 2.24) is 9.97 Å². The summed E-state index contributed by atoms with van der Waals surface area (Å²) in [7, 11) is 0. The van der Waals surface area contributed by atoms with Gasteiger partial charge in [-0.15, -0.1) is 0 Å². The predicted octanol–water partition coefficient (Wildman–Crippen LogP) is 1.17. The lowest BCUT2D eigenvalue weighted by Crippen LogP contribution is -2.28. The molecule has 1 atom stereocenters. The summed E-state index contributed by atoms with van der Waals surface area (Å²) in [5.41, 5.74) is 1.79. The molecule has 0 aliphatic carbocycles. The zero-order valence-corrected chi connectivity index (χ0v) is 14.2. The third-order valence-electron chi connectivity index (χ3n) is 4.27. The van der Waals surface area contributed by atoms with Crippen LogP contribution in [0.25, 0.3) is 6.08 Å². The van der Waals surface area contributed by atoms with Crippen molar-refractivity contribution in [3.63, 3.8) is 0 Å². The summed E-state index contributed by atoms with van der Waals surface area (Å²) >= 11 is 0. The van der Waals surface area contributed by atoms with Gasteiger partial charge in [0.05, 0.1) is 17.7 Å². The maximum Gasteiger partial charge on any atom is 0.238 e. The number of H-pyrrole nitrogens is 1. The van der Waals surface area contributed by atoms with E-state index in [1.165, 1.54) is 6.34 Å². The van der Waals surface area contributed by atoms with E-state index < -0.39 is 6.04 Å². The van der Waals surface area contributed by atoms with Crippen LogP contribution in [0.15, 0.2) is 58.5 Å². The highest BCUT2D eigenvalue weighted by Gasteiger charge is 2.22. The Bertz CT molecular complexity index is 1110. The highest BCUT2D eigenvalue weighted by Crippen LogP contribution is 2.26. The van der Waals surface area contributed by atoms with Crippen LogP contribution in [-0.4, -0.2) is 38.3 Å². The standard InChI is InChI=1S/C19H17N5O3/c25-10-17(13-4-2-1-3-5-13)24(27)19-22-16(18(26)23-19)9-12-6-7-14-15(8-12)21-11-20-14/h1-9,11,17,25-27H,10H2,(H,22,23)/t17-/m0/s1. The van der Waals surface area contributed by atoms with Crippen molar-refractivity contribution in [3.05, 3.63) is 70.4 Å². The topological polar surface area (TPSA) is 117 Å². The number of nitrogens with one attached hydrogen (secondary N) is 1. The number of nitrogens with zero attached hydrogens (tertiary/aromatic N) is 4. The van der Waals surface area contributed by atoms with Gasteiger partial charge in [0.1, 0.15) is 18.1 Å². The Morgan fingerprint density at radius 1 is 1.15 bits per heavy atom. The summed E-state index contributed by atoms with van der Waals surface area (Å²) in [6.45, 7) is -0.326. The van der Waals surface area contributed by atoms with Gasteiger partial charge in [-0.25, -0.2) is 15.0 Å². The molecule has 27 heavy (non-hydrogen) atoms. The summed E-state index contributed by atoms with van der Waals surface area (Å²) in [6, 6.07) is 13.8. The molecule has 136 valence electrons. The number of aliphatic imine (C=N–C) groups is 1. The summed E-state index contributed by atoms with van der Waals surface area (Å²) in [6.07, 6.45) is 3.17. The first-order valence-electron chi connectivity index (χ1n) is 8.31. The number of anilines is 1. The van der Waals surface area contributed by atoms with Gasteiger partial charge in [0.25, 0.3) is 0 Å². The fourth-order valence-corrected chi connectivity index (χ4v) is 2.88. The average Bonchev–Trinajstić information content (AvgIpc) is 3.29. The van der Waals surface area contributed by atoms with Crippen molar-refractivity contribution in [1.29, 1.82) is 0 Å². The van der Waals surface area contributed by atoms with E-state index in [9.17, 15) is 15.4 Å². The molecule has 0 unspecified atom stereocenters. The zero-order valence-electron chi connectivity index (χ0n) is 14.2. The summed E-state index contributed by atoms with van der Waals surface area (Å²) in [5.74, 6) is -0.238. The summed E-state index contributed by atoms with van der Waals surface area (Å²) in [4.78, 5) is 15.1. The van der Waals surface area contributed by atoms with Crippen LogP contribution < -0.4 is 15.6 Å². The highest BCUT2D eigenvalue weighted by molar-refractivity contribution is 5.67. The number of hydrogen-bond donors (Lipinski definition) is 4. The molecule has 0 bridgehead atoms. The van der Waals surface area contributed by atoms with Gasteiger partial charge in [0.2, 0.25) is 11.8 Å². The zero-order chi connectivity index (χ0) is 18.8. The van der Waals surface area contributed by atoms with E-state index in [0.717, 1.165) is 21.3 Å². The first-order chi connectivity index (χ1) is 13.2. The number of fused-ring (bicyclic) bond motifs is 1. The fourth-order valence-electron chi connectivity index (χ4n) is 2.88. The summed E-state index contributed by atoms with van der Waals surface area (Å²) in [5, 5.41) is 32.7. The van der Waals surface area contributed by atoms with E-state index in [1.807, 2.05) is 36.4 Å². The van der Waals surface area contributed by atoms with Crippen molar-refractivity contribution in [2.75, 3.05) is 11.7 Å². The number of hydroxylamine groups is 1. The molecular weight excluding hydrogens is 346 g/mol. The van der Waals surface area contributed by atoms with Gasteiger partial charge in [0.15, 0.2) is 0 Å². The second-order valence-electron chi connectivity index (χ2n) is 6.02. The number of aromatic amines is 1. The Labute approximate surface area is 154 Å². The Kier molecular flexibility index (Phi) is 4.41. The highest BCUT2D eigenvalue weighted by atomic mass is 16.5. The molecule has 1 aliphatic heterocycles. The van der Waals surface area contributed by atoms with Crippen molar-refractivity contribution in [3.8, 4) is 5.88 Å². The van der Waals surface area contributed by atoms with E-state index in [1.54, 1.807) is 18.2 Å². The SMILES string of the molecule is OC[C@@H](c1ccccc1)N(O)c1nc(O)c(C=c2ccc3c(c2)N=CN=3)[nH]1. The molecule has 4 N–H and O–H groups in total. The second-order valence-corrected chi connectivity index (χ2v) is 6.02. The molecule has 2 aromatic carbocycles. The number of aromatic hydroxyl groups is 1. The number of imidazole rings is 1. The molecular formula is C19H17N5O3. The molecule has 0 fully saturated rings. The Morgan fingerprint density at radius 3 is 2.74 bits per heavy atom. The number of aromatic nitrogens is 2. The van der Waals surface area contributed by atoms with Gasteiger partial charge in [-0.05, 0) is 29.0 Å². The molecule has 2 heterocycles. The molecule has 0 amide bonds. The quantitative estimate of drug-likeness (QED) is 0.508. The van der Waals surface area contributed by atoms with Gasteiger partial charge < -0.3 is 15.2 Å². The minimum Gasteiger partial charge on any atom is -0.492 e. The smallest absolute Gasteiger partial charge is 0.238 e. The van der Waals surface area contributed by atoms with Gasteiger partial charge in [-0.1, -0.05) is 36.4 Å². The largest absolute Gasteiger partial charge is 0.492 e. The van der Waals surface area contributed by atoms with Crippen LogP contribution in [0, 0.1) is 0 Å². The van der Waals surface area contributed by atoms with Crippen LogP contribution >= 0.6 is 0 Å². The van der Waals surface area contributed by atoms with Gasteiger partial charge in [-0.3, -0.25) is 5.21 Å². The van der Waals surface area contributed by atoms with E-state index in [4.69, 9.17) is 0 Å². The fraction of sp³-hybridized carbons (Fsp3) is 0.105. The van der Waals surface area contributed by atoms with Crippen LogP contribution in [0.1, 0.15) is 17.3 Å². The lowest BCUT2D eigenvalue weighted by Gasteiger charge is -2.23. The Balaban J connectivity index is 1.66. The predicted molar refractivity (Wildman–Crippen MR) is 99.7 cm³/mol. The van der Waals surface area contributed by atoms with Crippen molar-refractivity contribution in [2.24, 2.45) is 9.98 Å². The Hall–Kier alpha value is -3.49. The molecule has 8 heteroatoms. The third kappa shape index (κ3) is 3.31. The van der Waals surface area contributed by atoms with Crippen molar-refractivity contribution < 1.29 is 15.4 Å². The van der Waals surface area contributed by atoms with Crippen LogP contribution in [0.4, 0.5) is 11.6 Å². The van der Waals surface area contributed by atoms with Crippen molar-refractivity contribution in [2.45, 2.75) is 6.04 Å². The first-order valence-corrected chi connectivity index (χ1v) is 8.31. The lowest BCUT2D eigenvalue weighted by atomic mass is 10.1. The van der Waals surface area contributed by atoms with E-state index in [2.05, 4.69) is 20.0 Å². The molecule has 8 nitrogen and oxygen atoms in total. The van der Waals surface area contributed by atoms with Gasteiger partial charge >= 0.3 is 0 Å². The molecule has 0 radical (unpaired) electrons. The molecule has 0 saturated heterocycles. The number of hydrogen-bond acceptors (Lipinski definition) is 7. The normalized spacial score (nSPS) is 14.1. The maximum absolute atomic E-state index is 10.5. The molecule has 0 spiro atoms. The van der Waals surface area contributed by atoms with E-state index >= 15 is 0 Å². The molecule has 4 rings (SSSR count). The monoisotopic (exact) mass is 363 g/mol. The minimum atomic E-state index is -0.722. The lowest BCUT2D eigenvalue weighted by molar-refractivity contribution is 0.157. The van der Waals surface area contributed by atoms with Crippen LogP contribution in [0.3, 0.4) is 0 Å². The van der Waals surface area contributed by atoms with Gasteiger partial charge in [-0.2, -0.15) is 4.98 Å². The third-order valence-corrected chi connectivity index (χ3v) is 4.27. The van der Waals surface area contributed by atoms with Crippen LogP contribution in [0.5, 0.6) is 5.88 Å². The number of aliphatic hydroxyl groups excluding tert-OH is 1. The van der Waals surface area contributed by atoms with Gasteiger partial charge in [0, 0.05) is 0 Å². The second kappa shape index (κ2) is 7.02. The summed E-state index contributed by atoms with van der Waals surface area (Å²) < 4.78 is 0. The average molecular weight is 363 g/mol. The Morgan fingerprint density at radius 2 is 1.96 bits per heavy atom. The molecule has 1 aromatic heterocycles. The molecule has 1 aliphatic rings. The maximum atomic E-state index is 10.5. The number of rotatable bonds is 5.